The molecule has 1 aliphatic rings. The zero-order valence-electron chi connectivity index (χ0n) is 10.2. The van der Waals surface area contributed by atoms with Gasteiger partial charge in [0.1, 0.15) is 6.04 Å². The molecule has 0 amide bonds. The Hall–Kier alpha value is -1.54. The molecule has 1 aromatic heterocycles. The van der Waals surface area contributed by atoms with E-state index in [4.69, 9.17) is 11.6 Å². The number of alkyl halides is 3. The van der Waals surface area contributed by atoms with Gasteiger partial charge in [0.2, 0.25) is 0 Å². The standard InChI is InChI=1S/C11H10ClF4N3O/c1-18-5-19(3-2-8(18)11(14,15)16)10-6(13)4-7(20)9(12)17-10/h2-4,8,20H,5H2,1H3. The molecule has 1 unspecified atom stereocenters. The van der Waals surface area contributed by atoms with Crippen LogP contribution in [0.4, 0.5) is 23.4 Å². The molecule has 2 rings (SSSR count). The predicted molar refractivity (Wildman–Crippen MR) is 65.0 cm³/mol. The maximum Gasteiger partial charge on any atom is 0.407 e. The number of likely N-dealkylation sites (N-methyl/N-ethyl adjacent to an activating group) is 1. The van der Waals surface area contributed by atoms with E-state index in [9.17, 15) is 22.7 Å². The Morgan fingerprint density at radius 1 is 1.45 bits per heavy atom. The fraction of sp³-hybridized carbons (Fsp3) is 0.364. The van der Waals surface area contributed by atoms with Crippen molar-refractivity contribution in [3.8, 4) is 5.75 Å². The van der Waals surface area contributed by atoms with Gasteiger partial charge >= 0.3 is 6.18 Å². The van der Waals surface area contributed by atoms with Crippen LogP contribution in [0.5, 0.6) is 5.75 Å². The molecule has 20 heavy (non-hydrogen) atoms. The third-order valence-electron chi connectivity index (χ3n) is 2.80. The molecule has 1 N–H and O–H groups in total. The second-order valence-corrected chi connectivity index (χ2v) is 4.66. The summed E-state index contributed by atoms with van der Waals surface area (Å²) in [5, 5.41) is 8.87. The lowest BCUT2D eigenvalue weighted by Crippen LogP contribution is -2.49. The quantitative estimate of drug-likeness (QED) is 0.639. The van der Waals surface area contributed by atoms with Crippen molar-refractivity contribution in [1.29, 1.82) is 0 Å². The van der Waals surface area contributed by atoms with E-state index in [1.54, 1.807) is 0 Å². The van der Waals surface area contributed by atoms with Gasteiger partial charge in [0.25, 0.3) is 0 Å². The van der Waals surface area contributed by atoms with E-state index in [-0.39, 0.29) is 17.6 Å². The van der Waals surface area contributed by atoms with E-state index in [0.29, 0.717) is 0 Å². The molecule has 0 aromatic carbocycles. The topological polar surface area (TPSA) is 39.6 Å². The van der Waals surface area contributed by atoms with Crippen molar-refractivity contribution >= 4 is 17.4 Å². The lowest BCUT2D eigenvalue weighted by Gasteiger charge is -2.36. The summed E-state index contributed by atoms with van der Waals surface area (Å²) < 4.78 is 51.7. The normalized spacial score (nSPS) is 20.5. The van der Waals surface area contributed by atoms with Crippen LogP contribution < -0.4 is 4.90 Å². The maximum atomic E-state index is 13.7. The first-order chi connectivity index (χ1) is 9.20. The molecule has 1 aromatic rings. The fourth-order valence-electron chi connectivity index (χ4n) is 1.85. The molecular formula is C11H10ClF4N3O. The van der Waals surface area contributed by atoms with Gasteiger partial charge in [-0.3, -0.25) is 4.90 Å². The van der Waals surface area contributed by atoms with Gasteiger partial charge in [-0.1, -0.05) is 11.6 Å². The first kappa shape index (κ1) is 14.9. The number of aromatic nitrogens is 1. The minimum Gasteiger partial charge on any atom is -0.505 e. The predicted octanol–water partition coefficient (Wildman–Crippen LogP) is 2.73. The summed E-state index contributed by atoms with van der Waals surface area (Å²) in [7, 11) is 1.26. The average molecular weight is 312 g/mol. The van der Waals surface area contributed by atoms with Crippen LogP contribution in [0.2, 0.25) is 5.15 Å². The van der Waals surface area contributed by atoms with Crippen LogP contribution >= 0.6 is 11.6 Å². The zero-order valence-corrected chi connectivity index (χ0v) is 11.0. The number of rotatable bonds is 1. The van der Waals surface area contributed by atoms with Crippen LogP contribution in [0, 0.1) is 5.82 Å². The van der Waals surface area contributed by atoms with Crippen molar-refractivity contribution in [3.05, 3.63) is 29.3 Å². The summed E-state index contributed by atoms with van der Waals surface area (Å²) in [4.78, 5) is 5.78. The number of hydrogen-bond donors (Lipinski definition) is 1. The highest BCUT2D eigenvalue weighted by atomic mass is 35.5. The highest BCUT2D eigenvalue weighted by Crippen LogP contribution is 2.31. The number of aromatic hydroxyl groups is 1. The monoisotopic (exact) mass is 311 g/mol. The van der Waals surface area contributed by atoms with Crippen molar-refractivity contribution < 1.29 is 22.7 Å². The van der Waals surface area contributed by atoms with E-state index in [2.05, 4.69) is 4.98 Å². The molecule has 1 atom stereocenters. The van der Waals surface area contributed by atoms with Crippen LogP contribution in [0.3, 0.4) is 0 Å². The summed E-state index contributed by atoms with van der Waals surface area (Å²) in [6.07, 6.45) is -2.42. The van der Waals surface area contributed by atoms with E-state index in [1.807, 2.05) is 0 Å². The minimum atomic E-state index is -4.41. The zero-order chi connectivity index (χ0) is 15.1. The molecule has 1 aliphatic heterocycles. The molecule has 4 nitrogen and oxygen atoms in total. The van der Waals surface area contributed by atoms with Crippen LogP contribution in [-0.4, -0.2) is 40.9 Å². The van der Waals surface area contributed by atoms with Crippen LogP contribution in [0.25, 0.3) is 0 Å². The molecule has 0 saturated carbocycles. The van der Waals surface area contributed by atoms with Gasteiger partial charge in [-0.05, 0) is 13.1 Å². The number of nitrogens with zero attached hydrogens (tertiary/aromatic N) is 3. The molecule has 0 fully saturated rings. The Morgan fingerprint density at radius 3 is 2.65 bits per heavy atom. The maximum absolute atomic E-state index is 13.7. The molecule has 0 spiro atoms. The Labute approximate surface area is 116 Å². The van der Waals surface area contributed by atoms with Gasteiger partial charge in [-0.2, -0.15) is 13.2 Å². The van der Waals surface area contributed by atoms with E-state index in [1.165, 1.54) is 11.9 Å². The number of halogens is 5. The smallest absolute Gasteiger partial charge is 0.407 e. The van der Waals surface area contributed by atoms with Gasteiger partial charge < -0.3 is 10.0 Å². The Bertz CT molecular complexity index is 549. The minimum absolute atomic E-state index is 0.217. The lowest BCUT2D eigenvalue weighted by atomic mass is 10.2. The van der Waals surface area contributed by atoms with Gasteiger partial charge in [0.15, 0.2) is 22.5 Å². The van der Waals surface area contributed by atoms with E-state index < -0.39 is 23.8 Å². The third kappa shape index (κ3) is 2.80. The molecule has 0 radical (unpaired) electrons. The first-order valence-corrected chi connectivity index (χ1v) is 5.85. The van der Waals surface area contributed by atoms with Gasteiger partial charge in [0, 0.05) is 12.3 Å². The molecular weight excluding hydrogens is 302 g/mol. The highest BCUT2D eigenvalue weighted by molar-refractivity contribution is 6.30. The summed E-state index contributed by atoms with van der Waals surface area (Å²) in [5.41, 5.74) is 0. The van der Waals surface area contributed by atoms with Crippen molar-refractivity contribution in [2.24, 2.45) is 0 Å². The van der Waals surface area contributed by atoms with Gasteiger partial charge in [-0.15, -0.1) is 0 Å². The number of anilines is 1. The molecule has 0 saturated heterocycles. The highest BCUT2D eigenvalue weighted by Gasteiger charge is 2.42. The summed E-state index contributed by atoms with van der Waals surface area (Å²) in [6, 6.07) is -0.983. The van der Waals surface area contributed by atoms with Crippen LogP contribution in [0.1, 0.15) is 0 Å². The third-order valence-corrected chi connectivity index (χ3v) is 3.08. The molecule has 2 heterocycles. The van der Waals surface area contributed by atoms with Crippen LogP contribution in [0.15, 0.2) is 18.3 Å². The first-order valence-electron chi connectivity index (χ1n) is 5.47. The Kier molecular flexibility index (Phi) is 3.79. The SMILES string of the molecule is CN1CN(c2nc(Cl)c(O)cc2F)C=CC1C(F)(F)F. The average Bonchev–Trinajstić information content (AvgIpc) is 2.32. The lowest BCUT2D eigenvalue weighted by molar-refractivity contribution is -0.167. The number of hydrogen-bond acceptors (Lipinski definition) is 4. The van der Waals surface area contributed by atoms with Crippen molar-refractivity contribution in [2.45, 2.75) is 12.2 Å². The largest absolute Gasteiger partial charge is 0.505 e. The van der Waals surface area contributed by atoms with Crippen molar-refractivity contribution in [2.75, 3.05) is 18.6 Å². The van der Waals surface area contributed by atoms with Gasteiger partial charge in [-0.25, -0.2) is 9.37 Å². The summed E-state index contributed by atoms with van der Waals surface area (Å²) in [6.45, 7) is -0.217. The second kappa shape index (κ2) is 5.10. The van der Waals surface area contributed by atoms with Gasteiger partial charge in [0.05, 0.1) is 6.67 Å². The van der Waals surface area contributed by atoms with Crippen molar-refractivity contribution in [3.63, 3.8) is 0 Å². The molecule has 0 aliphatic carbocycles. The Balaban J connectivity index is 2.31. The second-order valence-electron chi connectivity index (χ2n) is 4.30. The Morgan fingerprint density at radius 2 is 2.10 bits per heavy atom. The summed E-state index contributed by atoms with van der Waals surface area (Å²) in [5.74, 6) is -1.66. The molecule has 110 valence electrons. The fourth-order valence-corrected chi connectivity index (χ4v) is 1.99. The molecule has 0 bridgehead atoms. The van der Waals surface area contributed by atoms with E-state index in [0.717, 1.165) is 23.2 Å². The van der Waals surface area contributed by atoms with Crippen LogP contribution in [-0.2, 0) is 0 Å². The summed E-state index contributed by atoms with van der Waals surface area (Å²) >= 11 is 5.57. The number of pyridine rings is 1. The molecule has 9 heteroatoms. The van der Waals surface area contributed by atoms with E-state index >= 15 is 0 Å². The van der Waals surface area contributed by atoms with Crippen molar-refractivity contribution in [1.82, 2.24) is 9.88 Å².